The lowest BCUT2D eigenvalue weighted by Crippen LogP contribution is -2.40. The summed E-state index contributed by atoms with van der Waals surface area (Å²) in [6, 6.07) is 4.93. The molecule has 0 spiro atoms. The van der Waals surface area contributed by atoms with Crippen LogP contribution in [0.5, 0.6) is 5.75 Å². The third kappa shape index (κ3) is 5.51. The minimum atomic E-state index is -4.33. The first kappa shape index (κ1) is 15.8. The van der Waals surface area contributed by atoms with Crippen molar-refractivity contribution in [1.82, 2.24) is 5.32 Å². The van der Waals surface area contributed by atoms with E-state index in [1.165, 1.54) is 12.1 Å². The topological polar surface area (TPSA) is 21.3 Å². The van der Waals surface area contributed by atoms with E-state index in [1.807, 2.05) is 0 Å². The van der Waals surface area contributed by atoms with Gasteiger partial charge in [0.1, 0.15) is 12.4 Å². The van der Waals surface area contributed by atoms with Crippen LogP contribution >= 0.6 is 0 Å². The molecule has 1 aromatic carbocycles. The van der Waals surface area contributed by atoms with Gasteiger partial charge in [-0.05, 0) is 38.5 Å². The molecule has 0 radical (unpaired) electrons. The van der Waals surface area contributed by atoms with Crippen molar-refractivity contribution >= 4 is 0 Å². The van der Waals surface area contributed by atoms with E-state index in [0.717, 1.165) is 18.6 Å². The standard InChI is InChI=1S/C14H20F3NO/c1-4-13(2,3)18-8-9-19-12-7-5-6-11(10-12)14(15,16)17/h5-7,10,18H,4,8-9H2,1-3H3. The molecule has 0 aliphatic carbocycles. The molecule has 0 atom stereocenters. The molecule has 1 rings (SSSR count). The van der Waals surface area contributed by atoms with Gasteiger partial charge in [0.15, 0.2) is 0 Å². The minimum absolute atomic E-state index is 0.0111. The molecule has 0 aromatic heterocycles. The lowest BCUT2D eigenvalue weighted by atomic mass is 10.0. The minimum Gasteiger partial charge on any atom is -0.492 e. The van der Waals surface area contributed by atoms with Crippen molar-refractivity contribution in [2.75, 3.05) is 13.2 Å². The average molecular weight is 275 g/mol. The molecule has 0 fully saturated rings. The lowest BCUT2D eigenvalue weighted by Gasteiger charge is -2.24. The lowest BCUT2D eigenvalue weighted by molar-refractivity contribution is -0.137. The molecule has 0 saturated heterocycles. The Hall–Kier alpha value is -1.23. The first-order valence-electron chi connectivity index (χ1n) is 6.30. The van der Waals surface area contributed by atoms with E-state index in [1.54, 1.807) is 0 Å². The van der Waals surface area contributed by atoms with Crippen molar-refractivity contribution in [2.24, 2.45) is 0 Å². The predicted molar refractivity (Wildman–Crippen MR) is 69.3 cm³/mol. The first-order chi connectivity index (χ1) is 8.74. The maximum Gasteiger partial charge on any atom is 0.416 e. The van der Waals surface area contributed by atoms with E-state index < -0.39 is 11.7 Å². The zero-order chi connectivity index (χ0) is 14.5. The molecule has 19 heavy (non-hydrogen) atoms. The van der Waals surface area contributed by atoms with Gasteiger partial charge < -0.3 is 10.1 Å². The Morgan fingerprint density at radius 2 is 1.89 bits per heavy atom. The highest BCUT2D eigenvalue weighted by molar-refractivity contribution is 5.30. The second kappa shape index (κ2) is 6.28. The van der Waals surface area contributed by atoms with Crippen LogP contribution in [-0.4, -0.2) is 18.7 Å². The maximum absolute atomic E-state index is 12.5. The van der Waals surface area contributed by atoms with Gasteiger partial charge in [0.05, 0.1) is 5.56 Å². The van der Waals surface area contributed by atoms with E-state index in [4.69, 9.17) is 4.74 Å². The number of hydrogen-bond acceptors (Lipinski definition) is 2. The molecule has 0 aliphatic heterocycles. The Morgan fingerprint density at radius 1 is 1.21 bits per heavy atom. The van der Waals surface area contributed by atoms with E-state index in [9.17, 15) is 13.2 Å². The fourth-order valence-electron chi connectivity index (χ4n) is 1.45. The third-order valence-corrected chi connectivity index (χ3v) is 3.02. The second-order valence-electron chi connectivity index (χ2n) is 5.04. The molecule has 0 unspecified atom stereocenters. The van der Waals surface area contributed by atoms with E-state index in [2.05, 4.69) is 26.1 Å². The van der Waals surface area contributed by atoms with Gasteiger partial charge in [-0.1, -0.05) is 13.0 Å². The summed E-state index contributed by atoms with van der Waals surface area (Å²) < 4.78 is 42.8. The van der Waals surface area contributed by atoms with Gasteiger partial charge in [-0.3, -0.25) is 0 Å². The van der Waals surface area contributed by atoms with Crippen molar-refractivity contribution in [3.8, 4) is 5.75 Å². The van der Waals surface area contributed by atoms with Crippen molar-refractivity contribution in [1.29, 1.82) is 0 Å². The molecule has 0 heterocycles. The predicted octanol–water partition coefficient (Wildman–Crippen LogP) is 3.86. The number of alkyl halides is 3. The van der Waals surface area contributed by atoms with Gasteiger partial charge in [-0.2, -0.15) is 13.2 Å². The summed E-state index contributed by atoms with van der Waals surface area (Å²) in [7, 11) is 0. The average Bonchev–Trinajstić information content (AvgIpc) is 2.34. The van der Waals surface area contributed by atoms with Crippen LogP contribution < -0.4 is 10.1 Å². The number of ether oxygens (including phenoxy) is 1. The molecule has 2 nitrogen and oxygen atoms in total. The molecule has 0 aliphatic rings. The van der Waals surface area contributed by atoms with Crippen molar-refractivity contribution in [2.45, 2.75) is 38.9 Å². The zero-order valence-corrected chi connectivity index (χ0v) is 11.5. The third-order valence-electron chi connectivity index (χ3n) is 3.02. The monoisotopic (exact) mass is 275 g/mol. The number of rotatable bonds is 6. The highest BCUT2D eigenvalue weighted by Crippen LogP contribution is 2.31. The molecule has 5 heteroatoms. The fourth-order valence-corrected chi connectivity index (χ4v) is 1.45. The van der Waals surface area contributed by atoms with Gasteiger partial charge in [0, 0.05) is 12.1 Å². The van der Waals surface area contributed by atoms with Crippen LogP contribution in [0.4, 0.5) is 13.2 Å². The normalized spacial score (nSPS) is 12.5. The van der Waals surface area contributed by atoms with Gasteiger partial charge in [-0.25, -0.2) is 0 Å². The highest BCUT2D eigenvalue weighted by Gasteiger charge is 2.30. The second-order valence-corrected chi connectivity index (χ2v) is 5.04. The van der Waals surface area contributed by atoms with Crippen LogP contribution in [0.15, 0.2) is 24.3 Å². The molecular formula is C14H20F3NO. The van der Waals surface area contributed by atoms with Gasteiger partial charge in [0.25, 0.3) is 0 Å². The van der Waals surface area contributed by atoms with Crippen LogP contribution in [0, 0.1) is 0 Å². The highest BCUT2D eigenvalue weighted by atomic mass is 19.4. The summed E-state index contributed by atoms with van der Waals surface area (Å²) in [5.41, 5.74) is -0.677. The van der Waals surface area contributed by atoms with Gasteiger partial charge in [0.2, 0.25) is 0 Å². The first-order valence-corrected chi connectivity index (χ1v) is 6.30. The van der Waals surface area contributed by atoms with E-state index >= 15 is 0 Å². The summed E-state index contributed by atoms with van der Waals surface area (Å²) in [5, 5.41) is 3.28. The maximum atomic E-state index is 12.5. The summed E-state index contributed by atoms with van der Waals surface area (Å²) in [6.45, 7) is 7.14. The zero-order valence-electron chi connectivity index (χ0n) is 11.5. The Balaban J connectivity index is 2.46. The Kier molecular flexibility index (Phi) is 5.23. The Morgan fingerprint density at radius 3 is 2.47 bits per heavy atom. The Labute approximate surface area is 112 Å². The summed E-state index contributed by atoms with van der Waals surface area (Å²) in [5.74, 6) is 0.242. The SMILES string of the molecule is CCC(C)(C)NCCOc1cccc(C(F)(F)F)c1. The largest absolute Gasteiger partial charge is 0.492 e. The summed E-state index contributed by atoms with van der Waals surface area (Å²) in [4.78, 5) is 0. The molecule has 1 aromatic rings. The molecular weight excluding hydrogens is 255 g/mol. The molecule has 0 bridgehead atoms. The van der Waals surface area contributed by atoms with Crippen LogP contribution in [0.3, 0.4) is 0 Å². The van der Waals surface area contributed by atoms with Gasteiger partial charge >= 0.3 is 6.18 Å². The molecule has 1 N–H and O–H groups in total. The van der Waals surface area contributed by atoms with Crippen molar-refractivity contribution in [3.05, 3.63) is 29.8 Å². The van der Waals surface area contributed by atoms with Crippen molar-refractivity contribution in [3.63, 3.8) is 0 Å². The number of nitrogens with one attached hydrogen (secondary N) is 1. The molecule has 0 saturated carbocycles. The van der Waals surface area contributed by atoms with Gasteiger partial charge in [-0.15, -0.1) is 0 Å². The summed E-state index contributed by atoms with van der Waals surface area (Å²) in [6.07, 6.45) is -3.36. The van der Waals surface area contributed by atoms with Crippen LogP contribution in [-0.2, 0) is 6.18 Å². The van der Waals surface area contributed by atoms with Crippen LogP contribution in [0.2, 0.25) is 0 Å². The molecule has 0 amide bonds. The Bertz CT molecular complexity index is 402. The summed E-state index contributed by atoms with van der Waals surface area (Å²) >= 11 is 0. The quantitative estimate of drug-likeness (QED) is 0.796. The number of hydrogen-bond donors (Lipinski definition) is 1. The van der Waals surface area contributed by atoms with Crippen LogP contribution in [0.1, 0.15) is 32.8 Å². The number of benzene rings is 1. The smallest absolute Gasteiger partial charge is 0.416 e. The number of halogens is 3. The van der Waals surface area contributed by atoms with E-state index in [0.29, 0.717) is 13.2 Å². The van der Waals surface area contributed by atoms with Crippen LogP contribution in [0.25, 0.3) is 0 Å². The van der Waals surface area contributed by atoms with Crippen molar-refractivity contribution < 1.29 is 17.9 Å². The molecule has 108 valence electrons. The van der Waals surface area contributed by atoms with E-state index in [-0.39, 0.29) is 11.3 Å². The fraction of sp³-hybridized carbons (Fsp3) is 0.571.